The van der Waals surface area contributed by atoms with Crippen molar-refractivity contribution in [3.63, 3.8) is 0 Å². The van der Waals surface area contributed by atoms with Gasteiger partial charge in [0, 0.05) is 23.0 Å². The zero-order chi connectivity index (χ0) is 21.7. The number of carboxylic acids is 1. The zero-order valence-corrected chi connectivity index (χ0v) is 17.7. The minimum Gasteiger partial charge on any atom is -0.481 e. The molecule has 0 saturated heterocycles. The first kappa shape index (κ1) is 21.5. The summed E-state index contributed by atoms with van der Waals surface area (Å²) in [6.45, 7) is 0. The van der Waals surface area contributed by atoms with Gasteiger partial charge in [-0.1, -0.05) is 48.0 Å². The molecule has 1 amide bonds. The Morgan fingerprint density at radius 2 is 1.93 bits per heavy atom. The number of amides is 1. The van der Waals surface area contributed by atoms with Crippen LogP contribution in [0.4, 0.5) is 5.13 Å². The minimum absolute atomic E-state index is 0.155. The lowest BCUT2D eigenvalue weighted by atomic mass is 9.92. The number of aromatic nitrogens is 1. The molecule has 0 radical (unpaired) electrons. The van der Waals surface area contributed by atoms with E-state index in [4.69, 9.17) is 11.6 Å². The van der Waals surface area contributed by atoms with Crippen molar-refractivity contribution in [1.29, 1.82) is 5.26 Å². The molecule has 30 heavy (non-hydrogen) atoms. The van der Waals surface area contributed by atoms with Crippen LogP contribution < -0.4 is 4.90 Å². The molecule has 0 fully saturated rings. The standard InChI is InChI=1S/C22H18ClN3O3S/c1-26(22-25-19(13-30-22)17-8-4-5-9-18(17)23)21(29)16(11-20(27)28)10-14-6-2-3-7-15(14)12-24/h2-9,13,16H,10-11H2,1H3,(H,27,28). The van der Waals surface area contributed by atoms with Crippen LogP contribution in [-0.4, -0.2) is 29.0 Å². The lowest BCUT2D eigenvalue weighted by molar-refractivity contribution is -0.140. The van der Waals surface area contributed by atoms with E-state index >= 15 is 0 Å². The van der Waals surface area contributed by atoms with Crippen LogP contribution in [0.3, 0.4) is 0 Å². The maximum Gasteiger partial charge on any atom is 0.304 e. The number of hydrogen-bond donors (Lipinski definition) is 1. The molecule has 0 aliphatic rings. The topological polar surface area (TPSA) is 94.3 Å². The molecule has 0 aliphatic carbocycles. The second-order valence-electron chi connectivity index (χ2n) is 6.66. The van der Waals surface area contributed by atoms with Crippen molar-refractivity contribution in [2.75, 3.05) is 11.9 Å². The highest BCUT2D eigenvalue weighted by Crippen LogP contribution is 2.32. The highest BCUT2D eigenvalue weighted by atomic mass is 35.5. The van der Waals surface area contributed by atoms with E-state index in [0.29, 0.717) is 27.0 Å². The first-order valence-electron chi connectivity index (χ1n) is 9.08. The number of nitrogens with zero attached hydrogens (tertiary/aromatic N) is 3. The molecular weight excluding hydrogens is 422 g/mol. The largest absolute Gasteiger partial charge is 0.481 e. The predicted octanol–water partition coefficient (Wildman–Crippen LogP) is 4.63. The number of carbonyl (C=O) groups is 2. The molecule has 1 heterocycles. The van der Waals surface area contributed by atoms with E-state index in [9.17, 15) is 20.0 Å². The van der Waals surface area contributed by atoms with Gasteiger partial charge >= 0.3 is 5.97 Å². The Morgan fingerprint density at radius 3 is 2.63 bits per heavy atom. The van der Waals surface area contributed by atoms with Crippen LogP contribution in [0, 0.1) is 17.2 Å². The number of carboxylic acid groups (broad SMARTS) is 1. The fourth-order valence-corrected chi connectivity index (χ4v) is 4.14. The van der Waals surface area contributed by atoms with Crippen molar-refractivity contribution in [1.82, 2.24) is 4.98 Å². The normalized spacial score (nSPS) is 11.5. The Kier molecular flexibility index (Phi) is 6.83. The summed E-state index contributed by atoms with van der Waals surface area (Å²) in [7, 11) is 1.57. The highest BCUT2D eigenvalue weighted by Gasteiger charge is 2.28. The number of nitriles is 1. The number of aliphatic carboxylic acids is 1. The molecule has 3 rings (SSSR count). The average Bonchev–Trinajstić information content (AvgIpc) is 3.22. The monoisotopic (exact) mass is 439 g/mol. The summed E-state index contributed by atoms with van der Waals surface area (Å²) in [6.07, 6.45) is -0.187. The van der Waals surface area contributed by atoms with Crippen LogP contribution in [0.15, 0.2) is 53.9 Å². The SMILES string of the molecule is CN(C(=O)C(CC(=O)O)Cc1ccccc1C#N)c1nc(-c2ccccc2Cl)cs1. The number of halogens is 1. The van der Waals surface area contributed by atoms with Gasteiger partial charge in [-0.15, -0.1) is 11.3 Å². The summed E-state index contributed by atoms with van der Waals surface area (Å²) in [5.74, 6) is -2.27. The van der Waals surface area contributed by atoms with E-state index in [1.807, 2.05) is 18.2 Å². The second kappa shape index (κ2) is 9.53. The molecule has 0 saturated carbocycles. The van der Waals surface area contributed by atoms with Crippen molar-refractivity contribution in [2.24, 2.45) is 5.92 Å². The van der Waals surface area contributed by atoms with Crippen LogP contribution in [0.25, 0.3) is 11.3 Å². The Hall–Kier alpha value is -3.21. The quantitative estimate of drug-likeness (QED) is 0.579. The molecule has 0 spiro atoms. The summed E-state index contributed by atoms with van der Waals surface area (Å²) in [4.78, 5) is 30.4. The molecule has 1 aromatic heterocycles. The minimum atomic E-state index is -1.08. The van der Waals surface area contributed by atoms with Gasteiger partial charge in [0.25, 0.3) is 0 Å². The van der Waals surface area contributed by atoms with Crippen LogP contribution in [0.2, 0.25) is 5.02 Å². The van der Waals surface area contributed by atoms with E-state index < -0.39 is 11.9 Å². The van der Waals surface area contributed by atoms with E-state index in [-0.39, 0.29) is 18.7 Å². The fraction of sp³-hybridized carbons (Fsp3) is 0.182. The molecule has 8 heteroatoms. The van der Waals surface area contributed by atoms with Gasteiger partial charge in [0.1, 0.15) is 0 Å². The van der Waals surface area contributed by atoms with Gasteiger partial charge in [-0.25, -0.2) is 4.98 Å². The van der Waals surface area contributed by atoms with E-state index in [1.165, 1.54) is 16.2 Å². The van der Waals surface area contributed by atoms with Crippen LogP contribution >= 0.6 is 22.9 Å². The third-order valence-electron chi connectivity index (χ3n) is 4.63. The van der Waals surface area contributed by atoms with Gasteiger partial charge in [-0.3, -0.25) is 14.5 Å². The van der Waals surface area contributed by atoms with Crippen LogP contribution in [0.1, 0.15) is 17.5 Å². The summed E-state index contributed by atoms with van der Waals surface area (Å²) in [5.41, 5.74) is 2.47. The summed E-state index contributed by atoms with van der Waals surface area (Å²) >= 11 is 7.50. The lowest BCUT2D eigenvalue weighted by Gasteiger charge is -2.21. The summed E-state index contributed by atoms with van der Waals surface area (Å²) in [5, 5.41) is 21.4. The number of hydrogen-bond acceptors (Lipinski definition) is 5. The van der Waals surface area contributed by atoms with Gasteiger partial charge < -0.3 is 5.11 Å². The van der Waals surface area contributed by atoms with E-state index in [1.54, 1.807) is 42.8 Å². The third-order valence-corrected chi connectivity index (χ3v) is 5.88. The van der Waals surface area contributed by atoms with E-state index in [2.05, 4.69) is 11.1 Å². The first-order valence-corrected chi connectivity index (χ1v) is 10.3. The second-order valence-corrected chi connectivity index (χ2v) is 7.90. The molecule has 1 N–H and O–H groups in total. The van der Waals surface area contributed by atoms with Gasteiger partial charge in [0.15, 0.2) is 5.13 Å². The fourth-order valence-electron chi connectivity index (χ4n) is 3.11. The average molecular weight is 440 g/mol. The third kappa shape index (κ3) is 4.85. The van der Waals surface area contributed by atoms with Gasteiger partial charge in [-0.05, 0) is 24.1 Å². The number of anilines is 1. The van der Waals surface area contributed by atoms with E-state index in [0.717, 1.165) is 5.56 Å². The molecule has 152 valence electrons. The van der Waals surface area contributed by atoms with Crippen molar-refractivity contribution >= 4 is 39.9 Å². The smallest absolute Gasteiger partial charge is 0.304 e. The van der Waals surface area contributed by atoms with Crippen molar-refractivity contribution in [2.45, 2.75) is 12.8 Å². The van der Waals surface area contributed by atoms with Gasteiger partial charge in [0.05, 0.1) is 29.7 Å². The van der Waals surface area contributed by atoms with Crippen molar-refractivity contribution in [3.05, 3.63) is 70.1 Å². The highest BCUT2D eigenvalue weighted by molar-refractivity contribution is 7.14. The maximum atomic E-state index is 13.1. The number of rotatable bonds is 7. The molecule has 0 aliphatic heterocycles. The molecule has 2 aromatic carbocycles. The van der Waals surface area contributed by atoms with Crippen molar-refractivity contribution < 1.29 is 14.7 Å². The summed E-state index contributed by atoms with van der Waals surface area (Å²) < 4.78 is 0. The molecule has 1 atom stereocenters. The first-order chi connectivity index (χ1) is 14.4. The lowest BCUT2D eigenvalue weighted by Crippen LogP contribution is -2.35. The summed E-state index contributed by atoms with van der Waals surface area (Å²) in [6, 6.07) is 16.2. The number of benzene rings is 2. The Morgan fingerprint density at radius 1 is 1.23 bits per heavy atom. The molecule has 6 nitrogen and oxygen atoms in total. The maximum absolute atomic E-state index is 13.1. The van der Waals surface area contributed by atoms with Gasteiger partial charge in [0.2, 0.25) is 5.91 Å². The van der Waals surface area contributed by atoms with Crippen molar-refractivity contribution in [3.8, 4) is 17.3 Å². The predicted molar refractivity (Wildman–Crippen MR) is 117 cm³/mol. The molecule has 0 bridgehead atoms. The van der Waals surface area contributed by atoms with Gasteiger partial charge in [-0.2, -0.15) is 5.26 Å². The number of thiazole rings is 1. The Bertz CT molecular complexity index is 1120. The molecule has 1 unspecified atom stereocenters. The zero-order valence-electron chi connectivity index (χ0n) is 16.1. The Balaban J connectivity index is 1.85. The molecule has 3 aromatic rings. The molecular formula is C22H18ClN3O3S. The van der Waals surface area contributed by atoms with Crippen LogP contribution in [-0.2, 0) is 16.0 Å². The van der Waals surface area contributed by atoms with Crippen LogP contribution in [0.5, 0.6) is 0 Å². The Labute approximate surface area is 183 Å². The number of carbonyl (C=O) groups excluding carboxylic acids is 1.